The Bertz CT molecular complexity index is 855. The molecule has 1 atom stereocenters. The molecule has 0 aliphatic rings. The van der Waals surface area contributed by atoms with E-state index < -0.39 is 7.60 Å². The summed E-state index contributed by atoms with van der Waals surface area (Å²) in [5.74, 6) is 0.302. The molecule has 29 heavy (non-hydrogen) atoms. The molecule has 2 aromatic rings. The molecule has 160 valence electrons. The molecule has 0 aliphatic heterocycles. The van der Waals surface area contributed by atoms with Crippen molar-refractivity contribution in [3.63, 3.8) is 0 Å². The van der Waals surface area contributed by atoms with E-state index in [0.29, 0.717) is 36.5 Å². The normalized spacial score (nSPS) is 13.3. The third-order valence-corrected chi connectivity index (χ3v) is 5.26. The smallest absolute Gasteiger partial charge is 0.353 e. The van der Waals surface area contributed by atoms with Crippen LogP contribution in [-0.4, -0.2) is 50.5 Å². The molecule has 0 spiro atoms. The molecule has 1 unspecified atom stereocenters. The van der Waals surface area contributed by atoms with E-state index in [9.17, 15) is 9.46 Å². The van der Waals surface area contributed by atoms with Crippen LogP contribution in [0.3, 0.4) is 0 Å². The Morgan fingerprint density at radius 3 is 2.72 bits per heavy atom. The minimum atomic E-state index is -3.77. The molecule has 2 aromatic heterocycles. The number of nitrogen functional groups attached to an aromatic ring is 1. The molecule has 13 heteroatoms. The van der Waals surface area contributed by atoms with Crippen molar-refractivity contribution >= 4 is 24.6 Å². The minimum absolute atomic E-state index is 0.207. The van der Waals surface area contributed by atoms with Crippen molar-refractivity contribution < 1.29 is 18.7 Å². The number of rotatable bonds is 15. The summed E-state index contributed by atoms with van der Waals surface area (Å²) in [6, 6.07) is 0. The number of fused-ring (bicyclic) bond motifs is 1. The lowest BCUT2D eigenvalue weighted by Crippen LogP contribution is -2.08. The van der Waals surface area contributed by atoms with E-state index in [2.05, 4.69) is 25.0 Å². The number of hydrogen-bond donors (Lipinski definition) is 2. The molecular weight excluding hydrogens is 399 g/mol. The zero-order chi connectivity index (χ0) is 21.0. The van der Waals surface area contributed by atoms with Crippen molar-refractivity contribution in [1.29, 1.82) is 0 Å². The molecule has 0 saturated heterocycles. The van der Waals surface area contributed by atoms with Crippen molar-refractivity contribution in [1.82, 2.24) is 19.5 Å². The average molecular weight is 426 g/mol. The van der Waals surface area contributed by atoms with Crippen LogP contribution in [0.15, 0.2) is 17.8 Å². The van der Waals surface area contributed by atoms with Crippen molar-refractivity contribution in [3.05, 3.63) is 23.1 Å². The maximum Gasteiger partial charge on any atom is 0.353 e. The first kappa shape index (κ1) is 23.1. The van der Waals surface area contributed by atoms with Crippen LogP contribution in [0.5, 0.6) is 0 Å². The van der Waals surface area contributed by atoms with Gasteiger partial charge in [-0.25, -0.2) is 15.0 Å². The molecular formula is C16H27N8O4P. The van der Waals surface area contributed by atoms with Crippen LogP contribution < -0.4 is 5.73 Å². The topological polar surface area (TPSA) is 174 Å². The van der Waals surface area contributed by atoms with Gasteiger partial charge in [-0.1, -0.05) is 30.8 Å². The standard InChI is InChI=1S/C16H27N8O4P/c17-15-14-16(20-11-19-15)24(12-21-14)8-10-27-13-29(25,26)28-9-6-4-2-1-3-5-7-22-23-18/h11-12H,1-10,13H2,(H,25,26)(H2,17,19,20). The van der Waals surface area contributed by atoms with Gasteiger partial charge in [-0.15, -0.1) is 0 Å². The predicted molar refractivity (Wildman–Crippen MR) is 108 cm³/mol. The fourth-order valence-corrected chi connectivity index (χ4v) is 3.53. The van der Waals surface area contributed by atoms with Crippen molar-refractivity contribution in [2.45, 2.75) is 45.1 Å². The minimum Gasteiger partial charge on any atom is -0.382 e. The maximum absolute atomic E-state index is 12.0. The van der Waals surface area contributed by atoms with Crippen LogP contribution in [0.2, 0.25) is 0 Å². The summed E-state index contributed by atoms with van der Waals surface area (Å²) < 4.78 is 24.1. The number of imidazole rings is 1. The Labute approximate surface area is 168 Å². The molecule has 0 amide bonds. The SMILES string of the molecule is [N-]=[N+]=NCCCCCCCCOP(=O)(O)COCCn1cnc2c(N)ncnc21. The molecule has 0 fully saturated rings. The number of aromatic nitrogens is 4. The Morgan fingerprint density at radius 2 is 1.93 bits per heavy atom. The van der Waals surface area contributed by atoms with E-state index in [4.69, 9.17) is 20.5 Å². The van der Waals surface area contributed by atoms with E-state index in [-0.39, 0.29) is 19.6 Å². The Hall–Kier alpha value is -2.23. The van der Waals surface area contributed by atoms with Gasteiger partial charge in [0.15, 0.2) is 11.5 Å². The van der Waals surface area contributed by atoms with Gasteiger partial charge in [-0.05, 0) is 18.4 Å². The summed E-state index contributed by atoms with van der Waals surface area (Å²) in [6.45, 7) is 1.37. The second kappa shape index (κ2) is 12.4. The summed E-state index contributed by atoms with van der Waals surface area (Å²) in [4.78, 5) is 24.7. The van der Waals surface area contributed by atoms with E-state index in [1.807, 2.05) is 0 Å². The van der Waals surface area contributed by atoms with Gasteiger partial charge >= 0.3 is 7.60 Å². The van der Waals surface area contributed by atoms with Crippen LogP contribution in [0.25, 0.3) is 21.6 Å². The quantitative estimate of drug-likeness (QED) is 0.143. The maximum atomic E-state index is 12.0. The number of ether oxygens (including phenoxy) is 1. The van der Waals surface area contributed by atoms with Gasteiger partial charge in [0, 0.05) is 18.0 Å². The first-order valence-electron chi connectivity index (χ1n) is 9.50. The van der Waals surface area contributed by atoms with Crippen molar-refractivity contribution in [3.8, 4) is 0 Å². The van der Waals surface area contributed by atoms with E-state index in [1.165, 1.54) is 6.33 Å². The van der Waals surface area contributed by atoms with E-state index in [0.717, 1.165) is 32.1 Å². The zero-order valence-electron chi connectivity index (χ0n) is 16.3. The molecule has 12 nitrogen and oxygen atoms in total. The largest absolute Gasteiger partial charge is 0.382 e. The number of anilines is 1. The summed E-state index contributed by atoms with van der Waals surface area (Å²) >= 11 is 0. The highest BCUT2D eigenvalue weighted by Gasteiger charge is 2.19. The number of unbranched alkanes of at least 4 members (excludes halogenated alkanes) is 5. The predicted octanol–water partition coefficient (Wildman–Crippen LogP) is 3.24. The van der Waals surface area contributed by atoms with Gasteiger partial charge in [0.05, 0.1) is 19.5 Å². The summed E-state index contributed by atoms with van der Waals surface area (Å²) in [5, 5.41) is 3.48. The van der Waals surface area contributed by atoms with Crippen LogP contribution in [0.4, 0.5) is 5.82 Å². The second-order valence-corrected chi connectivity index (χ2v) is 8.24. The monoisotopic (exact) mass is 426 g/mol. The number of nitrogens with two attached hydrogens (primary N) is 1. The van der Waals surface area contributed by atoms with Crippen LogP contribution in [-0.2, 0) is 20.4 Å². The van der Waals surface area contributed by atoms with Gasteiger partial charge in [0.1, 0.15) is 18.2 Å². The summed E-state index contributed by atoms with van der Waals surface area (Å²) in [5.41, 5.74) is 15.0. The average Bonchev–Trinajstić information content (AvgIpc) is 3.11. The van der Waals surface area contributed by atoms with E-state index >= 15 is 0 Å². The van der Waals surface area contributed by atoms with Gasteiger partial charge in [-0.2, -0.15) is 0 Å². The van der Waals surface area contributed by atoms with Gasteiger partial charge in [-0.3, -0.25) is 4.57 Å². The zero-order valence-corrected chi connectivity index (χ0v) is 17.2. The molecule has 0 saturated carbocycles. The molecule has 0 aliphatic carbocycles. The molecule has 3 N–H and O–H groups in total. The first-order valence-corrected chi connectivity index (χ1v) is 11.3. The highest BCUT2D eigenvalue weighted by Crippen LogP contribution is 2.41. The number of hydrogen-bond acceptors (Lipinski definition) is 8. The van der Waals surface area contributed by atoms with Crippen molar-refractivity contribution in [2.24, 2.45) is 5.11 Å². The molecule has 2 heterocycles. The van der Waals surface area contributed by atoms with E-state index in [1.54, 1.807) is 10.9 Å². The fraction of sp³-hybridized carbons (Fsp3) is 0.688. The number of nitrogens with zero attached hydrogens (tertiary/aromatic N) is 7. The third-order valence-electron chi connectivity index (χ3n) is 4.17. The highest BCUT2D eigenvalue weighted by molar-refractivity contribution is 7.52. The van der Waals surface area contributed by atoms with Gasteiger partial charge < -0.3 is 24.5 Å². The van der Waals surface area contributed by atoms with Gasteiger partial charge in [0.2, 0.25) is 0 Å². The summed E-state index contributed by atoms with van der Waals surface area (Å²) in [7, 11) is -3.77. The third kappa shape index (κ3) is 8.35. The van der Waals surface area contributed by atoms with Crippen molar-refractivity contribution in [2.75, 3.05) is 31.8 Å². The Morgan fingerprint density at radius 1 is 1.17 bits per heavy atom. The van der Waals surface area contributed by atoms with Crippen LogP contribution in [0, 0.1) is 0 Å². The van der Waals surface area contributed by atoms with Crippen LogP contribution >= 0.6 is 7.60 Å². The number of azide groups is 1. The first-order chi connectivity index (χ1) is 14.0. The Balaban J connectivity index is 1.54. The Kier molecular flexibility index (Phi) is 9.82. The molecule has 0 radical (unpaired) electrons. The fourth-order valence-electron chi connectivity index (χ4n) is 2.69. The lowest BCUT2D eigenvalue weighted by atomic mass is 10.1. The molecule has 2 rings (SSSR count). The highest BCUT2D eigenvalue weighted by atomic mass is 31.2. The lowest BCUT2D eigenvalue weighted by Gasteiger charge is -2.13. The summed E-state index contributed by atoms with van der Waals surface area (Å²) in [6.07, 6.45) is 8.15. The molecule has 0 bridgehead atoms. The lowest BCUT2D eigenvalue weighted by molar-refractivity contribution is 0.137. The van der Waals surface area contributed by atoms with Crippen LogP contribution in [0.1, 0.15) is 38.5 Å². The van der Waals surface area contributed by atoms with Gasteiger partial charge in [0.25, 0.3) is 0 Å². The second-order valence-electron chi connectivity index (χ2n) is 6.45. The molecule has 0 aromatic carbocycles.